The van der Waals surface area contributed by atoms with Crippen LogP contribution in [0, 0.1) is 0 Å². The van der Waals surface area contributed by atoms with Gasteiger partial charge in [0.15, 0.2) is 0 Å². The Morgan fingerprint density at radius 2 is 2.12 bits per heavy atom. The molecule has 17 heavy (non-hydrogen) atoms. The van der Waals surface area contributed by atoms with Crippen LogP contribution in [0.2, 0.25) is 10.0 Å². The van der Waals surface area contributed by atoms with Gasteiger partial charge in [0, 0.05) is 29.8 Å². The molecule has 1 unspecified atom stereocenters. The number of benzene rings is 1. The van der Waals surface area contributed by atoms with Crippen molar-refractivity contribution in [1.82, 2.24) is 5.32 Å². The number of halogens is 2. The van der Waals surface area contributed by atoms with Crippen LogP contribution in [0.5, 0.6) is 0 Å². The highest BCUT2D eigenvalue weighted by Gasteiger charge is 2.13. The van der Waals surface area contributed by atoms with E-state index in [4.69, 9.17) is 27.9 Å². The first-order valence-corrected chi connectivity index (χ1v) is 6.62. The fourth-order valence-corrected chi connectivity index (χ4v) is 2.26. The predicted octanol–water partition coefficient (Wildman–Crippen LogP) is 4.07. The lowest BCUT2D eigenvalue weighted by atomic mass is 10.0. The van der Waals surface area contributed by atoms with Gasteiger partial charge in [0.1, 0.15) is 0 Å². The van der Waals surface area contributed by atoms with Crippen molar-refractivity contribution in [3.05, 3.63) is 33.8 Å². The second kappa shape index (κ2) is 7.93. The van der Waals surface area contributed by atoms with E-state index in [2.05, 4.69) is 12.2 Å². The van der Waals surface area contributed by atoms with Gasteiger partial charge in [-0.3, -0.25) is 0 Å². The SMILES string of the molecule is CCNC(CCCOC)c1cc(Cl)ccc1Cl. The first kappa shape index (κ1) is 14.8. The van der Waals surface area contributed by atoms with E-state index in [9.17, 15) is 0 Å². The maximum atomic E-state index is 6.21. The fourth-order valence-electron chi connectivity index (χ4n) is 1.83. The Hall–Kier alpha value is -0.280. The summed E-state index contributed by atoms with van der Waals surface area (Å²) in [6.07, 6.45) is 1.98. The highest BCUT2D eigenvalue weighted by atomic mass is 35.5. The zero-order valence-electron chi connectivity index (χ0n) is 10.3. The molecule has 0 aliphatic rings. The lowest BCUT2D eigenvalue weighted by molar-refractivity contribution is 0.189. The zero-order chi connectivity index (χ0) is 12.7. The van der Waals surface area contributed by atoms with Gasteiger partial charge in [0.2, 0.25) is 0 Å². The van der Waals surface area contributed by atoms with Gasteiger partial charge in [-0.15, -0.1) is 0 Å². The third-order valence-corrected chi connectivity index (χ3v) is 3.20. The van der Waals surface area contributed by atoms with E-state index in [0.29, 0.717) is 0 Å². The number of rotatable bonds is 7. The third-order valence-electron chi connectivity index (χ3n) is 2.63. The first-order chi connectivity index (χ1) is 8.19. The largest absolute Gasteiger partial charge is 0.385 e. The van der Waals surface area contributed by atoms with Crippen molar-refractivity contribution in [2.45, 2.75) is 25.8 Å². The molecule has 0 amide bonds. The Morgan fingerprint density at radius 3 is 2.76 bits per heavy atom. The number of methoxy groups -OCH3 is 1. The van der Waals surface area contributed by atoms with Crippen molar-refractivity contribution >= 4 is 23.2 Å². The van der Waals surface area contributed by atoms with Gasteiger partial charge in [0.05, 0.1) is 0 Å². The number of nitrogens with one attached hydrogen (secondary N) is 1. The highest BCUT2D eigenvalue weighted by Crippen LogP contribution is 2.28. The molecule has 0 spiro atoms. The lowest BCUT2D eigenvalue weighted by Crippen LogP contribution is -2.21. The Morgan fingerprint density at radius 1 is 1.35 bits per heavy atom. The molecule has 0 heterocycles. The summed E-state index contributed by atoms with van der Waals surface area (Å²) in [4.78, 5) is 0. The Kier molecular flexibility index (Phi) is 6.90. The summed E-state index contributed by atoms with van der Waals surface area (Å²) in [6, 6.07) is 5.83. The summed E-state index contributed by atoms with van der Waals surface area (Å²) in [6.45, 7) is 3.75. The molecule has 0 radical (unpaired) electrons. The first-order valence-electron chi connectivity index (χ1n) is 5.86. The number of ether oxygens (including phenoxy) is 1. The molecule has 0 aliphatic heterocycles. The molecule has 0 aliphatic carbocycles. The summed E-state index contributed by atoms with van der Waals surface area (Å²) >= 11 is 12.2. The van der Waals surface area contributed by atoms with Crippen molar-refractivity contribution < 1.29 is 4.74 Å². The van der Waals surface area contributed by atoms with E-state index in [1.54, 1.807) is 7.11 Å². The molecule has 0 saturated heterocycles. The van der Waals surface area contributed by atoms with Gasteiger partial charge < -0.3 is 10.1 Å². The molecule has 96 valence electrons. The summed E-state index contributed by atoms with van der Waals surface area (Å²) in [5, 5.41) is 4.91. The monoisotopic (exact) mass is 275 g/mol. The van der Waals surface area contributed by atoms with Gasteiger partial charge in [-0.25, -0.2) is 0 Å². The summed E-state index contributed by atoms with van der Waals surface area (Å²) in [7, 11) is 1.72. The molecule has 0 bridgehead atoms. The minimum atomic E-state index is 0.237. The molecule has 1 aromatic carbocycles. The van der Waals surface area contributed by atoms with Crippen molar-refractivity contribution in [1.29, 1.82) is 0 Å². The van der Waals surface area contributed by atoms with E-state index >= 15 is 0 Å². The minimum Gasteiger partial charge on any atom is -0.385 e. The zero-order valence-corrected chi connectivity index (χ0v) is 11.8. The topological polar surface area (TPSA) is 21.3 Å². The molecule has 1 N–H and O–H groups in total. The lowest BCUT2D eigenvalue weighted by Gasteiger charge is -2.19. The number of hydrogen-bond donors (Lipinski definition) is 1. The van der Waals surface area contributed by atoms with Crippen molar-refractivity contribution in [3.8, 4) is 0 Å². The smallest absolute Gasteiger partial charge is 0.0462 e. The fraction of sp³-hybridized carbons (Fsp3) is 0.538. The van der Waals surface area contributed by atoms with Gasteiger partial charge in [-0.2, -0.15) is 0 Å². The molecule has 1 aromatic rings. The van der Waals surface area contributed by atoms with E-state index in [-0.39, 0.29) is 6.04 Å². The van der Waals surface area contributed by atoms with Crippen molar-refractivity contribution in [2.24, 2.45) is 0 Å². The van der Waals surface area contributed by atoms with Gasteiger partial charge in [-0.1, -0.05) is 30.1 Å². The standard InChI is InChI=1S/C13H19Cl2NO/c1-3-16-13(5-4-8-17-2)11-9-10(14)6-7-12(11)15/h6-7,9,13,16H,3-5,8H2,1-2H3. The van der Waals surface area contributed by atoms with E-state index < -0.39 is 0 Å². The maximum Gasteiger partial charge on any atom is 0.0462 e. The van der Waals surface area contributed by atoms with Crippen LogP contribution in [0.4, 0.5) is 0 Å². The van der Waals surface area contributed by atoms with Crippen molar-refractivity contribution in [3.63, 3.8) is 0 Å². The molecule has 4 heteroatoms. The van der Waals surface area contributed by atoms with E-state index in [0.717, 1.165) is 41.6 Å². The molecule has 0 fully saturated rings. The quantitative estimate of drug-likeness (QED) is 0.758. The van der Waals surface area contributed by atoms with E-state index in [1.165, 1.54) is 0 Å². The third kappa shape index (κ3) is 4.84. The maximum absolute atomic E-state index is 6.21. The summed E-state index contributed by atoms with van der Waals surface area (Å²) < 4.78 is 5.07. The van der Waals surface area contributed by atoms with Gasteiger partial charge in [0.25, 0.3) is 0 Å². The average Bonchev–Trinajstić information content (AvgIpc) is 2.32. The molecule has 1 atom stereocenters. The molecular formula is C13H19Cl2NO. The molecular weight excluding hydrogens is 257 g/mol. The Bertz CT molecular complexity index is 344. The predicted molar refractivity (Wildman–Crippen MR) is 74.0 cm³/mol. The summed E-state index contributed by atoms with van der Waals surface area (Å²) in [5.41, 5.74) is 1.07. The van der Waals surface area contributed by atoms with E-state index in [1.807, 2.05) is 18.2 Å². The van der Waals surface area contributed by atoms with Crippen LogP contribution in [0.15, 0.2) is 18.2 Å². The Labute approximate surface area is 113 Å². The molecule has 0 aromatic heterocycles. The van der Waals surface area contributed by atoms with Crippen LogP contribution in [-0.2, 0) is 4.74 Å². The summed E-state index contributed by atoms with van der Waals surface area (Å²) in [5.74, 6) is 0. The minimum absolute atomic E-state index is 0.237. The van der Waals surface area contributed by atoms with Crippen LogP contribution in [0.3, 0.4) is 0 Å². The van der Waals surface area contributed by atoms with Crippen LogP contribution < -0.4 is 5.32 Å². The van der Waals surface area contributed by atoms with Gasteiger partial charge in [-0.05, 0) is 43.1 Å². The average molecular weight is 276 g/mol. The Balaban J connectivity index is 2.77. The van der Waals surface area contributed by atoms with Crippen LogP contribution >= 0.6 is 23.2 Å². The second-order valence-corrected chi connectivity index (χ2v) is 4.75. The molecule has 0 saturated carbocycles. The van der Waals surface area contributed by atoms with Crippen LogP contribution in [0.1, 0.15) is 31.4 Å². The van der Waals surface area contributed by atoms with Crippen LogP contribution in [0.25, 0.3) is 0 Å². The second-order valence-electron chi connectivity index (χ2n) is 3.91. The molecule has 2 nitrogen and oxygen atoms in total. The van der Waals surface area contributed by atoms with Crippen molar-refractivity contribution in [2.75, 3.05) is 20.3 Å². The van der Waals surface area contributed by atoms with Gasteiger partial charge >= 0.3 is 0 Å². The van der Waals surface area contributed by atoms with Crippen LogP contribution in [-0.4, -0.2) is 20.3 Å². The number of hydrogen-bond acceptors (Lipinski definition) is 2. The molecule has 1 rings (SSSR count). The normalized spacial score (nSPS) is 12.7. The highest BCUT2D eigenvalue weighted by molar-refractivity contribution is 6.33.